The highest BCUT2D eigenvalue weighted by atomic mass is 16.5. The second-order valence-corrected chi connectivity index (χ2v) is 6.08. The summed E-state index contributed by atoms with van der Waals surface area (Å²) in [4.78, 5) is 23.8. The second kappa shape index (κ2) is 6.21. The Morgan fingerprint density at radius 1 is 1.28 bits per heavy atom. The van der Waals surface area contributed by atoms with Crippen molar-refractivity contribution >= 4 is 11.9 Å². The Balaban J connectivity index is 1.83. The zero-order valence-electron chi connectivity index (χ0n) is 13.8. The van der Waals surface area contributed by atoms with Crippen molar-refractivity contribution in [2.45, 2.75) is 13.1 Å². The molecule has 0 saturated carbocycles. The summed E-state index contributed by atoms with van der Waals surface area (Å²) in [5, 5.41) is 13.0. The summed E-state index contributed by atoms with van der Waals surface area (Å²) in [5.41, 5.74) is 1.18. The van der Waals surface area contributed by atoms with Gasteiger partial charge in [0.15, 0.2) is 6.17 Å². The minimum absolute atomic E-state index is 0.133. The number of ether oxygens (including phenoxy) is 1. The van der Waals surface area contributed by atoms with E-state index >= 15 is 0 Å². The number of morpholine rings is 1. The predicted molar refractivity (Wildman–Crippen MR) is 92.9 cm³/mol. The van der Waals surface area contributed by atoms with Gasteiger partial charge in [0, 0.05) is 30.4 Å². The number of phenolic OH excluding ortho intramolecular Hbond substituents is 1. The number of aromatic hydroxyl groups is 1. The van der Waals surface area contributed by atoms with Crippen molar-refractivity contribution in [1.29, 1.82) is 0 Å². The number of nitrogens with one attached hydrogen (secondary N) is 1. The standard InChI is InChI=1S/C17H19N5O3/c1-11-9-14(24)22-15(12-3-2-4-13(23)10-12)19-16(20-17(22)18-11)21-5-7-25-8-6-21/h2-4,9-10,15,23H,5-8H2,1H3,(H,18,19,20)/t15-/m0/s1. The summed E-state index contributed by atoms with van der Waals surface area (Å²) in [7, 11) is 0. The van der Waals surface area contributed by atoms with Crippen LogP contribution >= 0.6 is 0 Å². The Labute approximate surface area is 144 Å². The molecule has 0 bridgehead atoms. The zero-order valence-corrected chi connectivity index (χ0v) is 13.8. The van der Waals surface area contributed by atoms with Crippen LogP contribution in [0.1, 0.15) is 17.4 Å². The Morgan fingerprint density at radius 2 is 2.08 bits per heavy atom. The smallest absolute Gasteiger partial charge is 0.257 e. The maximum atomic E-state index is 12.6. The molecule has 1 aromatic heterocycles. The van der Waals surface area contributed by atoms with Crippen molar-refractivity contribution in [3.05, 3.63) is 51.9 Å². The zero-order chi connectivity index (χ0) is 17.4. The maximum absolute atomic E-state index is 12.6. The van der Waals surface area contributed by atoms with Crippen molar-refractivity contribution < 1.29 is 9.84 Å². The van der Waals surface area contributed by atoms with Crippen LogP contribution in [0.2, 0.25) is 0 Å². The number of aryl methyl sites for hydroxylation is 1. The lowest BCUT2D eigenvalue weighted by atomic mass is 10.1. The summed E-state index contributed by atoms with van der Waals surface area (Å²) < 4.78 is 6.90. The molecule has 2 aliphatic rings. The largest absolute Gasteiger partial charge is 0.508 e. The fraction of sp³-hybridized carbons (Fsp3) is 0.353. The highest BCUT2D eigenvalue weighted by molar-refractivity contribution is 5.93. The lowest BCUT2D eigenvalue weighted by molar-refractivity contribution is 0.0675. The van der Waals surface area contributed by atoms with Crippen LogP contribution in [0.25, 0.3) is 0 Å². The van der Waals surface area contributed by atoms with Crippen LogP contribution in [0.3, 0.4) is 0 Å². The van der Waals surface area contributed by atoms with Gasteiger partial charge in [0.05, 0.1) is 13.2 Å². The molecule has 4 rings (SSSR count). The number of nitrogens with zero attached hydrogens (tertiary/aromatic N) is 4. The highest BCUT2D eigenvalue weighted by Crippen LogP contribution is 2.28. The molecule has 0 unspecified atom stereocenters. The number of rotatable bonds is 1. The first-order valence-electron chi connectivity index (χ1n) is 8.18. The van der Waals surface area contributed by atoms with E-state index in [2.05, 4.69) is 15.2 Å². The minimum Gasteiger partial charge on any atom is -0.508 e. The van der Waals surface area contributed by atoms with Crippen LogP contribution in [0.5, 0.6) is 5.75 Å². The van der Waals surface area contributed by atoms with Crippen LogP contribution in [-0.2, 0) is 4.74 Å². The predicted octanol–water partition coefficient (Wildman–Crippen LogP) is 0.918. The number of fused-ring (bicyclic) bond motifs is 1. The van der Waals surface area contributed by atoms with Gasteiger partial charge in [-0.2, -0.15) is 0 Å². The van der Waals surface area contributed by atoms with Crippen molar-refractivity contribution in [1.82, 2.24) is 14.5 Å². The Bertz CT molecular complexity index is 886. The molecular weight excluding hydrogens is 322 g/mol. The lowest BCUT2D eigenvalue weighted by Crippen LogP contribution is -2.47. The van der Waals surface area contributed by atoms with Gasteiger partial charge < -0.3 is 14.7 Å². The van der Waals surface area contributed by atoms with Gasteiger partial charge in [-0.25, -0.2) is 9.98 Å². The highest BCUT2D eigenvalue weighted by Gasteiger charge is 2.28. The Hall–Kier alpha value is -2.87. The number of hydrogen-bond donors (Lipinski definition) is 2. The van der Waals surface area contributed by atoms with E-state index in [0.717, 1.165) is 5.56 Å². The fourth-order valence-corrected chi connectivity index (χ4v) is 3.08. The van der Waals surface area contributed by atoms with Crippen LogP contribution in [0.15, 0.2) is 40.1 Å². The molecule has 1 fully saturated rings. The van der Waals surface area contributed by atoms with E-state index in [4.69, 9.17) is 9.73 Å². The molecular formula is C17H19N5O3. The Kier molecular flexibility index (Phi) is 3.89. The normalized spacial score (nSPS) is 19.8. The third kappa shape index (κ3) is 2.96. The first-order chi connectivity index (χ1) is 12.1. The SMILES string of the molecule is Cc1cc(=O)n2c(n1)NC(N1CCOCC1)=N[C@@H]2c1cccc(O)c1. The topological polar surface area (TPSA) is 92.0 Å². The number of hydrogen-bond acceptors (Lipinski definition) is 7. The number of aromatic nitrogens is 2. The summed E-state index contributed by atoms with van der Waals surface area (Å²) >= 11 is 0. The molecule has 0 aliphatic carbocycles. The van der Waals surface area contributed by atoms with Gasteiger partial charge in [0.1, 0.15) is 5.75 Å². The van der Waals surface area contributed by atoms with E-state index in [1.165, 1.54) is 10.6 Å². The molecule has 8 nitrogen and oxygen atoms in total. The third-order valence-corrected chi connectivity index (χ3v) is 4.27. The molecule has 1 aromatic carbocycles. The van der Waals surface area contributed by atoms with Gasteiger partial charge in [-0.3, -0.25) is 14.7 Å². The third-order valence-electron chi connectivity index (χ3n) is 4.27. The molecule has 2 N–H and O–H groups in total. The molecule has 2 aromatic rings. The van der Waals surface area contributed by atoms with E-state index in [9.17, 15) is 9.90 Å². The number of phenols is 1. The average Bonchev–Trinajstić information content (AvgIpc) is 2.61. The van der Waals surface area contributed by atoms with Gasteiger partial charge in [-0.15, -0.1) is 0 Å². The van der Waals surface area contributed by atoms with Crippen LogP contribution in [0.4, 0.5) is 5.95 Å². The first kappa shape index (κ1) is 15.6. The monoisotopic (exact) mass is 341 g/mol. The second-order valence-electron chi connectivity index (χ2n) is 6.08. The van der Waals surface area contributed by atoms with E-state index in [1.807, 2.05) is 6.07 Å². The van der Waals surface area contributed by atoms with Crippen molar-refractivity contribution in [2.75, 3.05) is 31.6 Å². The summed E-state index contributed by atoms with van der Waals surface area (Å²) in [5.74, 6) is 1.25. The molecule has 0 radical (unpaired) electrons. The van der Waals surface area contributed by atoms with Gasteiger partial charge in [0.25, 0.3) is 5.56 Å². The van der Waals surface area contributed by atoms with Crippen LogP contribution in [-0.4, -0.2) is 51.8 Å². The van der Waals surface area contributed by atoms with Gasteiger partial charge in [-0.05, 0) is 19.1 Å². The van der Waals surface area contributed by atoms with Gasteiger partial charge in [-0.1, -0.05) is 12.1 Å². The molecule has 1 atom stereocenters. The van der Waals surface area contributed by atoms with E-state index < -0.39 is 6.17 Å². The van der Waals surface area contributed by atoms with Crippen LogP contribution < -0.4 is 10.9 Å². The number of aliphatic imine (C=N–C) groups is 1. The van der Waals surface area contributed by atoms with Gasteiger partial charge >= 0.3 is 0 Å². The Morgan fingerprint density at radius 3 is 2.84 bits per heavy atom. The molecule has 3 heterocycles. The van der Waals surface area contributed by atoms with Crippen LogP contribution in [0, 0.1) is 6.92 Å². The molecule has 1 saturated heterocycles. The van der Waals surface area contributed by atoms with E-state index in [-0.39, 0.29) is 11.3 Å². The number of anilines is 1. The molecule has 0 amide bonds. The van der Waals surface area contributed by atoms with Gasteiger partial charge in [0.2, 0.25) is 11.9 Å². The van der Waals surface area contributed by atoms with Crippen molar-refractivity contribution in [3.63, 3.8) is 0 Å². The van der Waals surface area contributed by atoms with Crippen molar-refractivity contribution in [2.24, 2.45) is 4.99 Å². The number of guanidine groups is 1. The summed E-state index contributed by atoms with van der Waals surface area (Å²) in [6, 6.07) is 8.27. The number of benzene rings is 1. The molecule has 2 aliphatic heterocycles. The lowest BCUT2D eigenvalue weighted by Gasteiger charge is -2.34. The molecule has 130 valence electrons. The molecule has 8 heteroatoms. The quantitative estimate of drug-likeness (QED) is 0.801. The molecule has 0 spiro atoms. The van der Waals surface area contributed by atoms with Crippen molar-refractivity contribution in [3.8, 4) is 5.75 Å². The minimum atomic E-state index is -0.582. The summed E-state index contributed by atoms with van der Waals surface area (Å²) in [6.45, 7) is 4.48. The van der Waals surface area contributed by atoms with E-state index in [0.29, 0.717) is 43.9 Å². The maximum Gasteiger partial charge on any atom is 0.257 e. The fourth-order valence-electron chi connectivity index (χ4n) is 3.08. The van der Waals surface area contributed by atoms with E-state index in [1.54, 1.807) is 25.1 Å². The summed E-state index contributed by atoms with van der Waals surface area (Å²) in [6.07, 6.45) is -0.582. The first-order valence-corrected chi connectivity index (χ1v) is 8.18. The molecule has 25 heavy (non-hydrogen) atoms. The average molecular weight is 341 g/mol.